The zero-order chi connectivity index (χ0) is 11.0. The second-order valence-corrected chi connectivity index (χ2v) is 5.69. The smallest absolute Gasteiger partial charge is 0.162 e. The maximum absolute atomic E-state index is 5.89. The van der Waals surface area contributed by atoms with Crippen LogP contribution in [0.25, 0.3) is 21.3 Å². The van der Waals surface area contributed by atoms with Crippen molar-refractivity contribution in [2.45, 2.75) is 0 Å². The van der Waals surface area contributed by atoms with Crippen LogP contribution in [-0.2, 0) is 0 Å². The van der Waals surface area contributed by atoms with Gasteiger partial charge in [0.05, 0.1) is 21.2 Å². The molecule has 0 unspecified atom stereocenters. The number of aromatic nitrogens is 1. The van der Waals surface area contributed by atoms with Crippen LogP contribution in [0.2, 0.25) is 4.34 Å². The number of hydrogen-bond donors (Lipinski definition) is 0. The van der Waals surface area contributed by atoms with Crippen molar-refractivity contribution in [3.63, 3.8) is 0 Å². The van der Waals surface area contributed by atoms with Crippen molar-refractivity contribution in [2.24, 2.45) is 0 Å². The molecule has 3 aromatic heterocycles. The summed E-state index contributed by atoms with van der Waals surface area (Å²) in [5.41, 5.74) is 0.952. The van der Waals surface area contributed by atoms with E-state index < -0.39 is 0 Å². The molecule has 0 bridgehead atoms. The summed E-state index contributed by atoms with van der Waals surface area (Å²) < 4.78 is 6.08. The Morgan fingerprint density at radius 3 is 2.88 bits per heavy atom. The van der Waals surface area contributed by atoms with Crippen LogP contribution in [0.15, 0.2) is 40.3 Å². The highest BCUT2D eigenvalue weighted by atomic mass is 35.5. The van der Waals surface area contributed by atoms with Gasteiger partial charge in [0.15, 0.2) is 10.8 Å². The molecule has 0 aliphatic heterocycles. The Bertz CT molecular complexity index is 597. The third kappa shape index (κ3) is 1.80. The summed E-state index contributed by atoms with van der Waals surface area (Å²) in [5, 5.41) is 2.91. The standard InChI is InChI=1S/C11H6ClNOS2/c12-10-4-3-9(16-10)7-6-15-11(13-7)8-2-1-5-14-8/h1-6H. The summed E-state index contributed by atoms with van der Waals surface area (Å²) in [6.45, 7) is 0. The summed E-state index contributed by atoms with van der Waals surface area (Å²) in [7, 11) is 0. The Morgan fingerprint density at radius 2 is 2.19 bits per heavy atom. The van der Waals surface area contributed by atoms with E-state index in [0.717, 1.165) is 25.7 Å². The van der Waals surface area contributed by atoms with Crippen LogP contribution >= 0.6 is 34.3 Å². The quantitative estimate of drug-likeness (QED) is 0.667. The zero-order valence-corrected chi connectivity index (χ0v) is 10.4. The maximum Gasteiger partial charge on any atom is 0.162 e. The van der Waals surface area contributed by atoms with Crippen molar-refractivity contribution in [1.82, 2.24) is 4.98 Å². The highest BCUT2D eigenvalue weighted by Gasteiger charge is 2.09. The van der Waals surface area contributed by atoms with Gasteiger partial charge in [-0.2, -0.15) is 0 Å². The predicted octanol–water partition coefficient (Wildman–Crippen LogP) is 4.79. The minimum atomic E-state index is 0.780. The van der Waals surface area contributed by atoms with Crippen molar-refractivity contribution in [2.75, 3.05) is 0 Å². The molecule has 0 fully saturated rings. The van der Waals surface area contributed by atoms with Crippen molar-refractivity contribution >= 4 is 34.3 Å². The molecule has 80 valence electrons. The van der Waals surface area contributed by atoms with Gasteiger partial charge in [0.2, 0.25) is 0 Å². The van der Waals surface area contributed by atoms with Gasteiger partial charge in [0.1, 0.15) is 0 Å². The molecule has 0 amide bonds. The third-order valence-corrected chi connectivity index (χ3v) is 4.17. The Kier molecular flexibility index (Phi) is 2.55. The normalized spacial score (nSPS) is 10.8. The van der Waals surface area contributed by atoms with Gasteiger partial charge in [0.25, 0.3) is 0 Å². The summed E-state index contributed by atoms with van der Waals surface area (Å²) >= 11 is 8.99. The molecule has 0 radical (unpaired) electrons. The van der Waals surface area contributed by atoms with Crippen molar-refractivity contribution in [3.05, 3.63) is 40.2 Å². The molecule has 0 atom stereocenters. The number of rotatable bonds is 2. The molecule has 3 aromatic rings. The minimum Gasteiger partial charge on any atom is -0.462 e. The molecule has 2 nitrogen and oxygen atoms in total. The van der Waals surface area contributed by atoms with Gasteiger partial charge in [-0.1, -0.05) is 11.6 Å². The SMILES string of the molecule is Clc1ccc(-c2csc(-c3ccco3)n2)s1. The van der Waals surface area contributed by atoms with E-state index in [1.54, 1.807) is 17.6 Å². The van der Waals surface area contributed by atoms with E-state index in [4.69, 9.17) is 16.0 Å². The van der Waals surface area contributed by atoms with E-state index in [-0.39, 0.29) is 0 Å². The number of thiazole rings is 1. The molecule has 0 spiro atoms. The lowest BCUT2D eigenvalue weighted by molar-refractivity contribution is 0.582. The first-order valence-corrected chi connectivity index (χ1v) is 6.65. The van der Waals surface area contributed by atoms with Gasteiger partial charge in [-0.25, -0.2) is 4.98 Å². The van der Waals surface area contributed by atoms with Crippen LogP contribution in [0, 0.1) is 0 Å². The van der Waals surface area contributed by atoms with Gasteiger partial charge in [-0.15, -0.1) is 22.7 Å². The van der Waals surface area contributed by atoms with E-state index in [0.29, 0.717) is 0 Å². The van der Waals surface area contributed by atoms with Gasteiger partial charge in [-0.3, -0.25) is 0 Å². The highest BCUT2D eigenvalue weighted by molar-refractivity contribution is 7.19. The fourth-order valence-electron chi connectivity index (χ4n) is 1.35. The molecule has 3 rings (SSSR count). The number of nitrogens with zero attached hydrogens (tertiary/aromatic N) is 1. The topological polar surface area (TPSA) is 26.0 Å². The zero-order valence-electron chi connectivity index (χ0n) is 8.01. The summed E-state index contributed by atoms with van der Waals surface area (Å²) in [4.78, 5) is 5.60. The monoisotopic (exact) mass is 267 g/mol. The lowest BCUT2D eigenvalue weighted by Gasteiger charge is -1.88. The first-order valence-electron chi connectivity index (χ1n) is 4.58. The lowest BCUT2D eigenvalue weighted by atomic mass is 10.4. The molecular formula is C11H6ClNOS2. The van der Waals surface area contributed by atoms with Gasteiger partial charge >= 0.3 is 0 Å². The van der Waals surface area contributed by atoms with Crippen LogP contribution in [0.4, 0.5) is 0 Å². The Morgan fingerprint density at radius 1 is 1.25 bits per heavy atom. The number of hydrogen-bond acceptors (Lipinski definition) is 4. The molecule has 0 aliphatic rings. The van der Waals surface area contributed by atoms with Crippen LogP contribution in [-0.4, -0.2) is 4.98 Å². The molecule has 3 heterocycles. The molecule has 0 aliphatic carbocycles. The Balaban J connectivity index is 2.00. The molecular weight excluding hydrogens is 262 g/mol. The van der Waals surface area contributed by atoms with Gasteiger partial charge in [-0.05, 0) is 24.3 Å². The molecule has 0 N–H and O–H groups in total. The molecule has 16 heavy (non-hydrogen) atoms. The average molecular weight is 268 g/mol. The fourth-order valence-corrected chi connectivity index (χ4v) is 3.22. The Hall–Kier alpha value is -1.10. The van der Waals surface area contributed by atoms with E-state index in [1.165, 1.54) is 11.3 Å². The molecule has 0 saturated heterocycles. The van der Waals surface area contributed by atoms with Crippen molar-refractivity contribution < 1.29 is 4.42 Å². The van der Waals surface area contributed by atoms with Gasteiger partial charge < -0.3 is 4.42 Å². The molecule has 5 heteroatoms. The minimum absolute atomic E-state index is 0.780. The molecule has 0 aromatic carbocycles. The first kappa shape index (κ1) is 10.1. The molecule has 0 saturated carbocycles. The maximum atomic E-state index is 5.89. The second kappa shape index (κ2) is 4.05. The number of halogens is 1. The number of furan rings is 1. The van der Waals surface area contributed by atoms with Gasteiger partial charge in [0, 0.05) is 5.38 Å². The first-order chi connectivity index (χ1) is 7.83. The van der Waals surface area contributed by atoms with E-state index in [2.05, 4.69) is 4.98 Å². The van der Waals surface area contributed by atoms with E-state index >= 15 is 0 Å². The predicted molar refractivity (Wildman–Crippen MR) is 68.1 cm³/mol. The highest BCUT2D eigenvalue weighted by Crippen LogP contribution is 2.34. The van der Waals surface area contributed by atoms with Crippen LogP contribution in [0.5, 0.6) is 0 Å². The lowest BCUT2D eigenvalue weighted by Crippen LogP contribution is -1.73. The summed E-state index contributed by atoms with van der Waals surface area (Å²) in [6, 6.07) is 7.63. The van der Waals surface area contributed by atoms with Crippen molar-refractivity contribution in [3.8, 4) is 21.3 Å². The van der Waals surface area contributed by atoms with Crippen LogP contribution in [0.3, 0.4) is 0 Å². The van der Waals surface area contributed by atoms with E-state index in [9.17, 15) is 0 Å². The average Bonchev–Trinajstić information content (AvgIpc) is 2.97. The number of thiophene rings is 1. The second-order valence-electron chi connectivity index (χ2n) is 3.12. The summed E-state index contributed by atoms with van der Waals surface area (Å²) in [6.07, 6.45) is 1.65. The fraction of sp³-hybridized carbons (Fsp3) is 0. The van der Waals surface area contributed by atoms with Crippen LogP contribution < -0.4 is 0 Å². The third-order valence-electron chi connectivity index (χ3n) is 2.06. The Labute approximate surface area is 105 Å². The largest absolute Gasteiger partial charge is 0.462 e. The van der Waals surface area contributed by atoms with E-state index in [1.807, 2.05) is 29.6 Å². The van der Waals surface area contributed by atoms with Crippen LogP contribution in [0.1, 0.15) is 0 Å². The van der Waals surface area contributed by atoms with Crippen molar-refractivity contribution in [1.29, 1.82) is 0 Å². The summed E-state index contributed by atoms with van der Waals surface area (Å²) in [5.74, 6) is 0.805.